The zero-order chi connectivity index (χ0) is 11.2. The Morgan fingerprint density at radius 2 is 2.00 bits per heavy atom. The number of benzene rings is 1. The van der Waals surface area contributed by atoms with E-state index in [1.54, 1.807) is 6.07 Å². The molecule has 0 aliphatic carbocycles. The molecule has 2 nitrogen and oxygen atoms in total. The minimum atomic E-state index is 0.233. The van der Waals surface area contributed by atoms with Crippen LogP contribution in [0.4, 0.5) is 0 Å². The van der Waals surface area contributed by atoms with E-state index in [0.717, 1.165) is 6.54 Å². The second-order valence-corrected chi connectivity index (χ2v) is 5.57. The van der Waals surface area contributed by atoms with Crippen LogP contribution in [0.5, 0.6) is 5.75 Å². The van der Waals surface area contributed by atoms with Gasteiger partial charge >= 0.3 is 0 Å². The van der Waals surface area contributed by atoms with Crippen LogP contribution in [0.15, 0.2) is 18.2 Å². The molecule has 0 aromatic heterocycles. The van der Waals surface area contributed by atoms with Crippen LogP contribution in [-0.4, -0.2) is 17.1 Å². The fraction of sp³-hybridized carbons (Fsp3) is 0.538. The number of fused-ring (bicyclic) bond motifs is 1. The Labute approximate surface area is 91.5 Å². The highest BCUT2D eigenvalue weighted by Crippen LogP contribution is 2.44. The molecule has 1 heterocycles. The van der Waals surface area contributed by atoms with Crippen molar-refractivity contribution in [2.75, 3.05) is 7.05 Å². The van der Waals surface area contributed by atoms with E-state index in [4.69, 9.17) is 0 Å². The van der Waals surface area contributed by atoms with Crippen molar-refractivity contribution in [1.29, 1.82) is 0 Å². The molecule has 15 heavy (non-hydrogen) atoms. The molecule has 0 amide bonds. The van der Waals surface area contributed by atoms with Gasteiger partial charge in [0.15, 0.2) is 0 Å². The highest BCUT2D eigenvalue weighted by molar-refractivity contribution is 5.40. The van der Waals surface area contributed by atoms with Gasteiger partial charge in [0.05, 0.1) is 0 Å². The topological polar surface area (TPSA) is 23.5 Å². The van der Waals surface area contributed by atoms with E-state index in [2.05, 4.69) is 38.8 Å². The maximum atomic E-state index is 9.45. The Hall–Kier alpha value is -1.02. The third-order valence-corrected chi connectivity index (χ3v) is 3.10. The van der Waals surface area contributed by atoms with Crippen LogP contribution in [-0.2, 0) is 6.54 Å². The van der Waals surface area contributed by atoms with Gasteiger partial charge in [-0.3, -0.25) is 4.90 Å². The van der Waals surface area contributed by atoms with Crippen LogP contribution in [0.1, 0.15) is 37.9 Å². The van der Waals surface area contributed by atoms with E-state index >= 15 is 0 Å². The predicted molar refractivity (Wildman–Crippen MR) is 61.8 cm³/mol. The van der Waals surface area contributed by atoms with Crippen molar-refractivity contribution < 1.29 is 5.11 Å². The maximum absolute atomic E-state index is 9.45. The van der Waals surface area contributed by atoms with E-state index in [9.17, 15) is 5.11 Å². The second kappa shape index (κ2) is 3.24. The molecular formula is C13H19NO. The average molecular weight is 205 g/mol. The Bertz CT molecular complexity index is 379. The van der Waals surface area contributed by atoms with E-state index in [0.29, 0.717) is 11.8 Å². The third-order valence-electron chi connectivity index (χ3n) is 3.10. The maximum Gasteiger partial charge on any atom is 0.115 e. The van der Waals surface area contributed by atoms with Gasteiger partial charge in [-0.05, 0) is 35.7 Å². The quantitative estimate of drug-likeness (QED) is 0.704. The van der Waals surface area contributed by atoms with Crippen LogP contribution >= 0.6 is 0 Å². The van der Waals surface area contributed by atoms with Gasteiger partial charge < -0.3 is 5.11 Å². The van der Waals surface area contributed by atoms with Crippen LogP contribution in [0, 0.1) is 5.41 Å². The summed E-state index contributed by atoms with van der Waals surface area (Å²) in [6.45, 7) is 7.72. The van der Waals surface area contributed by atoms with Gasteiger partial charge in [-0.1, -0.05) is 26.8 Å². The number of hydrogen-bond donors (Lipinski definition) is 1. The molecule has 0 spiro atoms. The van der Waals surface area contributed by atoms with Crippen molar-refractivity contribution in [3.8, 4) is 5.75 Å². The van der Waals surface area contributed by atoms with E-state index in [1.165, 1.54) is 11.1 Å². The summed E-state index contributed by atoms with van der Waals surface area (Å²) < 4.78 is 0. The third kappa shape index (κ3) is 1.74. The first-order chi connectivity index (χ1) is 6.89. The Balaban J connectivity index is 2.46. The SMILES string of the molecule is CN1Cc2cc(O)ccc2C1C(C)(C)C. The summed E-state index contributed by atoms with van der Waals surface area (Å²) in [5, 5.41) is 9.45. The smallest absolute Gasteiger partial charge is 0.115 e. The number of nitrogens with zero attached hydrogens (tertiary/aromatic N) is 1. The van der Waals surface area contributed by atoms with Crippen molar-refractivity contribution in [3.05, 3.63) is 29.3 Å². The molecule has 1 N–H and O–H groups in total. The molecule has 1 aromatic rings. The van der Waals surface area contributed by atoms with Crippen molar-refractivity contribution in [3.63, 3.8) is 0 Å². The number of phenolic OH excluding ortho intramolecular Hbond substituents is 1. The fourth-order valence-corrected chi connectivity index (χ4v) is 2.72. The van der Waals surface area contributed by atoms with E-state index in [-0.39, 0.29) is 5.41 Å². The lowest BCUT2D eigenvalue weighted by Crippen LogP contribution is -2.28. The zero-order valence-corrected chi connectivity index (χ0v) is 9.91. The lowest BCUT2D eigenvalue weighted by molar-refractivity contribution is 0.142. The predicted octanol–water partition coefficient (Wildman–Crippen LogP) is 2.92. The summed E-state index contributed by atoms with van der Waals surface area (Å²) in [5.74, 6) is 0.372. The molecular weight excluding hydrogens is 186 g/mol. The summed E-state index contributed by atoms with van der Waals surface area (Å²) in [6, 6.07) is 6.19. The Morgan fingerprint density at radius 3 is 2.60 bits per heavy atom. The number of rotatable bonds is 0. The first kappa shape index (κ1) is 10.5. The lowest BCUT2D eigenvalue weighted by Gasteiger charge is -2.33. The molecule has 0 saturated heterocycles. The summed E-state index contributed by atoms with van der Waals surface area (Å²) in [6.07, 6.45) is 0. The van der Waals surface area contributed by atoms with Crippen LogP contribution in [0.2, 0.25) is 0 Å². The van der Waals surface area contributed by atoms with Crippen molar-refractivity contribution in [1.82, 2.24) is 4.90 Å². The molecule has 2 heteroatoms. The number of phenols is 1. The minimum absolute atomic E-state index is 0.233. The second-order valence-electron chi connectivity index (χ2n) is 5.57. The highest BCUT2D eigenvalue weighted by atomic mass is 16.3. The van der Waals surface area contributed by atoms with Crippen LogP contribution in [0.3, 0.4) is 0 Å². The minimum Gasteiger partial charge on any atom is -0.508 e. The van der Waals surface area contributed by atoms with E-state index < -0.39 is 0 Å². The standard InChI is InChI=1S/C13H19NO/c1-13(2,3)12-11-6-5-10(15)7-9(11)8-14(12)4/h5-7,12,15H,8H2,1-4H3. The highest BCUT2D eigenvalue weighted by Gasteiger charge is 2.36. The first-order valence-electron chi connectivity index (χ1n) is 5.41. The Morgan fingerprint density at radius 1 is 1.33 bits per heavy atom. The molecule has 0 bridgehead atoms. The summed E-state index contributed by atoms with van der Waals surface area (Å²) in [5.41, 5.74) is 2.86. The molecule has 1 aromatic carbocycles. The van der Waals surface area contributed by atoms with Gasteiger partial charge in [0.1, 0.15) is 5.75 Å². The fourth-order valence-electron chi connectivity index (χ4n) is 2.72. The monoisotopic (exact) mass is 205 g/mol. The molecule has 82 valence electrons. The van der Waals surface area contributed by atoms with E-state index in [1.807, 2.05) is 6.07 Å². The normalized spacial score (nSPS) is 21.7. The molecule has 2 rings (SSSR count). The molecule has 1 aliphatic rings. The first-order valence-corrected chi connectivity index (χ1v) is 5.41. The Kier molecular flexibility index (Phi) is 2.27. The van der Waals surface area contributed by atoms with Gasteiger partial charge in [0.25, 0.3) is 0 Å². The molecule has 0 saturated carbocycles. The number of hydrogen-bond acceptors (Lipinski definition) is 2. The largest absolute Gasteiger partial charge is 0.508 e. The molecule has 1 aliphatic heterocycles. The van der Waals surface area contributed by atoms with Crippen molar-refractivity contribution in [2.24, 2.45) is 5.41 Å². The molecule has 1 atom stereocenters. The summed E-state index contributed by atoms with van der Waals surface area (Å²) in [7, 11) is 2.15. The average Bonchev–Trinajstić information content (AvgIpc) is 2.38. The van der Waals surface area contributed by atoms with Gasteiger partial charge in [-0.15, -0.1) is 0 Å². The molecule has 1 unspecified atom stereocenters. The van der Waals surface area contributed by atoms with Crippen molar-refractivity contribution >= 4 is 0 Å². The molecule has 0 fully saturated rings. The number of aromatic hydroxyl groups is 1. The van der Waals surface area contributed by atoms with Crippen LogP contribution in [0.25, 0.3) is 0 Å². The van der Waals surface area contributed by atoms with Crippen LogP contribution < -0.4 is 0 Å². The van der Waals surface area contributed by atoms with Gasteiger partial charge in [-0.25, -0.2) is 0 Å². The summed E-state index contributed by atoms with van der Waals surface area (Å²) in [4.78, 5) is 2.35. The van der Waals surface area contributed by atoms with Gasteiger partial charge in [0.2, 0.25) is 0 Å². The zero-order valence-electron chi connectivity index (χ0n) is 9.91. The summed E-state index contributed by atoms with van der Waals surface area (Å²) >= 11 is 0. The molecule has 0 radical (unpaired) electrons. The lowest BCUT2D eigenvalue weighted by atomic mass is 9.82. The van der Waals surface area contributed by atoms with Gasteiger partial charge in [0, 0.05) is 12.6 Å². The van der Waals surface area contributed by atoms with Gasteiger partial charge in [-0.2, -0.15) is 0 Å². The van der Waals surface area contributed by atoms with Crippen molar-refractivity contribution in [2.45, 2.75) is 33.4 Å².